The highest BCUT2D eigenvalue weighted by Gasteiger charge is 2.12. The lowest BCUT2D eigenvalue weighted by Crippen LogP contribution is -2.30. The van der Waals surface area contributed by atoms with Crippen molar-refractivity contribution in [1.29, 1.82) is 0 Å². The average molecular weight is 361 g/mol. The Bertz CT molecular complexity index is 689. The summed E-state index contributed by atoms with van der Waals surface area (Å²) in [5.41, 5.74) is 1.36. The molecular weight excluding hydrogens is 346 g/mol. The van der Waals surface area contributed by atoms with E-state index in [0.29, 0.717) is 22.4 Å². The maximum atomic E-state index is 13.1. The van der Waals surface area contributed by atoms with Gasteiger partial charge in [0.1, 0.15) is 11.5 Å². The summed E-state index contributed by atoms with van der Waals surface area (Å²) in [5.74, 6) is -0.469. The minimum atomic E-state index is -0.469. The summed E-state index contributed by atoms with van der Waals surface area (Å²) < 4.78 is 14.9. The van der Waals surface area contributed by atoms with Gasteiger partial charge in [0.15, 0.2) is 5.11 Å². The number of nitrogens with zero attached hydrogens (tertiary/aromatic N) is 3. The van der Waals surface area contributed by atoms with Gasteiger partial charge in [0.05, 0.1) is 16.6 Å². The van der Waals surface area contributed by atoms with Crippen molar-refractivity contribution in [3.8, 4) is 0 Å². The van der Waals surface area contributed by atoms with Gasteiger partial charge in [-0.25, -0.2) is 4.39 Å². The normalized spacial score (nSPS) is 10.6. The molecule has 2 aromatic rings. The van der Waals surface area contributed by atoms with Gasteiger partial charge in [-0.15, -0.1) is 0 Å². The quantitative estimate of drug-likeness (QED) is 0.829. The summed E-state index contributed by atoms with van der Waals surface area (Å²) in [6.45, 7) is 3.20. The molecule has 2 rings (SSSR count). The summed E-state index contributed by atoms with van der Waals surface area (Å²) in [6.07, 6.45) is 1.78. The highest BCUT2D eigenvalue weighted by atomic mass is 35.5. The van der Waals surface area contributed by atoms with E-state index in [0.717, 1.165) is 12.2 Å². The van der Waals surface area contributed by atoms with E-state index < -0.39 is 5.82 Å². The Morgan fingerprint density at radius 2 is 2.14 bits per heavy atom. The lowest BCUT2D eigenvalue weighted by molar-refractivity contribution is 0.492. The number of nitrogens with one attached hydrogen (secondary N) is 1. The van der Waals surface area contributed by atoms with Gasteiger partial charge >= 0.3 is 0 Å². The molecule has 0 fully saturated rings. The molecule has 0 bridgehead atoms. The van der Waals surface area contributed by atoms with Crippen LogP contribution in [-0.4, -0.2) is 26.8 Å². The van der Waals surface area contributed by atoms with Gasteiger partial charge in [0, 0.05) is 25.5 Å². The Hall–Kier alpha value is -1.37. The minimum absolute atomic E-state index is 0.0418. The SMILES string of the molecule is CCn1cc(Cl)c(CN(C)C(=S)Nc2ccc(F)c(Cl)c2)n1. The lowest BCUT2D eigenvalue weighted by atomic mass is 10.3. The zero-order valence-corrected chi connectivity index (χ0v) is 14.4. The maximum Gasteiger partial charge on any atom is 0.173 e. The van der Waals surface area contributed by atoms with Crippen LogP contribution >= 0.6 is 35.4 Å². The van der Waals surface area contributed by atoms with Gasteiger partial charge in [-0.3, -0.25) is 4.68 Å². The van der Waals surface area contributed by atoms with Crippen LogP contribution in [0.5, 0.6) is 0 Å². The maximum absolute atomic E-state index is 13.1. The van der Waals surface area contributed by atoms with Crippen molar-refractivity contribution in [2.24, 2.45) is 0 Å². The molecule has 1 heterocycles. The van der Waals surface area contributed by atoms with Crippen LogP contribution in [0.3, 0.4) is 0 Å². The third kappa shape index (κ3) is 4.09. The van der Waals surface area contributed by atoms with Crippen LogP contribution in [0.1, 0.15) is 12.6 Å². The third-order valence-electron chi connectivity index (χ3n) is 3.02. The highest BCUT2D eigenvalue weighted by Crippen LogP contribution is 2.20. The van der Waals surface area contributed by atoms with E-state index in [1.54, 1.807) is 21.8 Å². The van der Waals surface area contributed by atoms with Gasteiger partial charge in [0.25, 0.3) is 0 Å². The first-order valence-electron chi connectivity index (χ1n) is 6.59. The van der Waals surface area contributed by atoms with Crippen LogP contribution in [0.4, 0.5) is 10.1 Å². The zero-order chi connectivity index (χ0) is 16.3. The number of anilines is 1. The van der Waals surface area contributed by atoms with Gasteiger partial charge < -0.3 is 10.2 Å². The molecular formula is C14H15Cl2FN4S. The molecule has 0 amide bonds. The number of thiocarbonyl (C=S) groups is 1. The topological polar surface area (TPSA) is 33.1 Å². The van der Waals surface area contributed by atoms with E-state index in [9.17, 15) is 4.39 Å². The first kappa shape index (κ1) is 17.0. The van der Waals surface area contributed by atoms with E-state index in [1.807, 2.05) is 14.0 Å². The molecule has 118 valence electrons. The second-order valence-electron chi connectivity index (χ2n) is 4.69. The molecule has 22 heavy (non-hydrogen) atoms. The molecule has 0 spiro atoms. The highest BCUT2D eigenvalue weighted by molar-refractivity contribution is 7.80. The predicted molar refractivity (Wildman–Crippen MR) is 92.0 cm³/mol. The molecule has 8 heteroatoms. The zero-order valence-electron chi connectivity index (χ0n) is 12.1. The fourth-order valence-electron chi connectivity index (χ4n) is 1.80. The third-order valence-corrected chi connectivity index (χ3v) is 4.03. The molecule has 0 aliphatic carbocycles. The average Bonchev–Trinajstić information content (AvgIpc) is 2.83. The van der Waals surface area contributed by atoms with Crippen molar-refractivity contribution in [2.45, 2.75) is 20.0 Å². The summed E-state index contributed by atoms with van der Waals surface area (Å²) in [4.78, 5) is 1.79. The van der Waals surface area contributed by atoms with Gasteiger partial charge in [-0.05, 0) is 37.3 Å². The van der Waals surface area contributed by atoms with Gasteiger partial charge in [0.2, 0.25) is 0 Å². The standard InChI is InChI=1S/C14H15Cl2FN4S/c1-3-21-7-11(16)13(19-21)8-20(2)14(22)18-9-4-5-12(17)10(15)6-9/h4-7H,3,8H2,1-2H3,(H,18,22). The molecule has 0 unspecified atom stereocenters. The van der Waals surface area contributed by atoms with Crippen molar-refractivity contribution in [2.75, 3.05) is 12.4 Å². The lowest BCUT2D eigenvalue weighted by Gasteiger charge is -2.20. The number of aryl methyl sites for hydroxylation is 1. The molecule has 0 aliphatic rings. The smallest absolute Gasteiger partial charge is 0.173 e. The molecule has 1 N–H and O–H groups in total. The molecule has 0 radical (unpaired) electrons. The Balaban J connectivity index is 2.02. The fraction of sp³-hybridized carbons (Fsp3) is 0.286. The van der Waals surface area contributed by atoms with Crippen molar-refractivity contribution < 1.29 is 4.39 Å². The Labute approximate surface area is 143 Å². The number of hydrogen-bond acceptors (Lipinski definition) is 2. The predicted octanol–water partition coefficient (Wildman–Crippen LogP) is 4.18. The van der Waals surface area contributed by atoms with Crippen LogP contribution in [0, 0.1) is 5.82 Å². The van der Waals surface area contributed by atoms with E-state index in [4.69, 9.17) is 35.4 Å². The van der Waals surface area contributed by atoms with Crippen molar-refractivity contribution >= 4 is 46.2 Å². The van der Waals surface area contributed by atoms with E-state index in [2.05, 4.69) is 10.4 Å². The van der Waals surface area contributed by atoms with Crippen LogP contribution in [0.15, 0.2) is 24.4 Å². The molecule has 0 saturated carbocycles. The van der Waals surface area contributed by atoms with Crippen molar-refractivity contribution in [3.63, 3.8) is 0 Å². The van der Waals surface area contributed by atoms with E-state index >= 15 is 0 Å². The Morgan fingerprint density at radius 1 is 1.41 bits per heavy atom. The summed E-state index contributed by atoms with van der Waals surface area (Å²) in [6, 6.07) is 4.34. The summed E-state index contributed by atoms with van der Waals surface area (Å²) >= 11 is 17.2. The molecule has 1 aromatic carbocycles. The van der Waals surface area contributed by atoms with Crippen LogP contribution in [0.25, 0.3) is 0 Å². The van der Waals surface area contributed by atoms with Crippen molar-refractivity contribution in [1.82, 2.24) is 14.7 Å². The number of hydrogen-bond donors (Lipinski definition) is 1. The number of benzene rings is 1. The second kappa shape index (κ2) is 7.26. The first-order valence-corrected chi connectivity index (χ1v) is 7.76. The van der Waals surface area contributed by atoms with E-state index in [1.165, 1.54) is 12.1 Å². The summed E-state index contributed by atoms with van der Waals surface area (Å²) in [7, 11) is 1.82. The first-order chi connectivity index (χ1) is 10.4. The fourth-order valence-corrected chi connectivity index (χ4v) is 2.37. The molecule has 0 aliphatic heterocycles. The molecule has 0 atom stereocenters. The van der Waals surface area contributed by atoms with Crippen LogP contribution < -0.4 is 5.32 Å². The largest absolute Gasteiger partial charge is 0.346 e. The van der Waals surface area contributed by atoms with E-state index in [-0.39, 0.29) is 5.02 Å². The monoisotopic (exact) mass is 360 g/mol. The number of halogens is 3. The van der Waals surface area contributed by atoms with Crippen molar-refractivity contribution in [3.05, 3.63) is 46.0 Å². The minimum Gasteiger partial charge on any atom is -0.346 e. The Morgan fingerprint density at radius 3 is 2.73 bits per heavy atom. The van der Waals surface area contributed by atoms with Gasteiger partial charge in [-0.2, -0.15) is 5.10 Å². The van der Waals surface area contributed by atoms with Gasteiger partial charge in [-0.1, -0.05) is 23.2 Å². The molecule has 0 saturated heterocycles. The number of rotatable bonds is 4. The van der Waals surface area contributed by atoms with Crippen LogP contribution in [0.2, 0.25) is 10.0 Å². The Kier molecular flexibility index (Phi) is 5.61. The molecule has 4 nitrogen and oxygen atoms in total. The second-order valence-corrected chi connectivity index (χ2v) is 5.90. The van der Waals surface area contributed by atoms with Crippen LogP contribution in [-0.2, 0) is 13.1 Å². The molecule has 1 aromatic heterocycles. The summed E-state index contributed by atoms with van der Waals surface area (Å²) in [5, 5.41) is 8.47. The number of aromatic nitrogens is 2.